The van der Waals surface area contributed by atoms with Crippen molar-refractivity contribution in [2.24, 2.45) is 5.41 Å². The number of piperidine rings is 1. The molecule has 4 heteroatoms. The van der Waals surface area contributed by atoms with E-state index in [9.17, 15) is 4.79 Å². The number of aliphatic hydroxyl groups is 1. The van der Waals surface area contributed by atoms with E-state index in [-0.39, 0.29) is 18.1 Å². The summed E-state index contributed by atoms with van der Waals surface area (Å²) in [5.74, 6) is 0. The number of hydrogen-bond donors (Lipinski definition) is 1. The fourth-order valence-corrected chi connectivity index (χ4v) is 1.60. The van der Waals surface area contributed by atoms with Crippen LogP contribution in [-0.2, 0) is 4.74 Å². The van der Waals surface area contributed by atoms with E-state index in [1.807, 2.05) is 0 Å². The first-order chi connectivity index (χ1) is 6.61. The molecule has 1 aliphatic rings. The zero-order valence-corrected chi connectivity index (χ0v) is 8.95. The van der Waals surface area contributed by atoms with Crippen molar-refractivity contribution in [3.63, 3.8) is 0 Å². The quantitative estimate of drug-likeness (QED) is 0.731. The maximum atomic E-state index is 11.3. The molecule has 1 aliphatic heterocycles. The predicted octanol–water partition coefficient (Wildman–Crippen LogP) is 1.24. The molecule has 0 aromatic rings. The molecule has 1 heterocycles. The molecule has 0 radical (unpaired) electrons. The summed E-state index contributed by atoms with van der Waals surface area (Å²) in [6, 6.07) is 0. The van der Waals surface area contributed by atoms with Crippen LogP contribution in [0.2, 0.25) is 0 Å². The number of nitrogens with zero attached hydrogens (tertiary/aromatic N) is 1. The van der Waals surface area contributed by atoms with Crippen LogP contribution in [0.15, 0.2) is 0 Å². The number of likely N-dealkylation sites (tertiary alicyclic amines) is 1. The van der Waals surface area contributed by atoms with Crippen molar-refractivity contribution < 1.29 is 14.6 Å². The van der Waals surface area contributed by atoms with Crippen LogP contribution in [0.1, 0.15) is 26.7 Å². The highest BCUT2D eigenvalue weighted by molar-refractivity contribution is 5.67. The van der Waals surface area contributed by atoms with E-state index in [1.54, 1.807) is 11.8 Å². The minimum absolute atomic E-state index is 0.0109. The molecule has 14 heavy (non-hydrogen) atoms. The monoisotopic (exact) mass is 201 g/mol. The highest BCUT2D eigenvalue weighted by Crippen LogP contribution is 2.30. The molecule has 1 N–H and O–H groups in total. The molecule has 0 aliphatic carbocycles. The van der Waals surface area contributed by atoms with Gasteiger partial charge in [-0.1, -0.05) is 6.92 Å². The van der Waals surface area contributed by atoms with E-state index in [1.165, 1.54) is 0 Å². The van der Waals surface area contributed by atoms with Gasteiger partial charge in [-0.05, 0) is 25.2 Å². The lowest BCUT2D eigenvalue weighted by atomic mass is 9.81. The van der Waals surface area contributed by atoms with E-state index >= 15 is 0 Å². The molecule has 1 fully saturated rings. The van der Waals surface area contributed by atoms with Crippen molar-refractivity contribution in [2.75, 3.05) is 26.3 Å². The highest BCUT2D eigenvalue weighted by atomic mass is 16.6. The van der Waals surface area contributed by atoms with Crippen LogP contribution in [0.3, 0.4) is 0 Å². The molecule has 0 aromatic carbocycles. The van der Waals surface area contributed by atoms with Crippen molar-refractivity contribution in [2.45, 2.75) is 26.7 Å². The Kier molecular flexibility index (Phi) is 3.75. The normalized spacial score (nSPS) is 20.6. The molecular formula is C10H19NO3. The van der Waals surface area contributed by atoms with E-state index in [2.05, 4.69) is 6.92 Å². The Morgan fingerprint density at radius 2 is 2.07 bits per heavy atom. The van der Waals surface area contributed by atoms with Gasteiger partial charge in [0.25, 0.3) is 0 Å². The third-order valence-electron chi connectivity index (χ3n) is 2.88. The standard InChI is InChI=1S/C10H19NO3/c1-3-14-9(13)11-6-4-10(2,8-12)5-7-11/h12H,3-8H2,1-2H3. The van der Waals surface area contributed by atoms with E-state index in [0.29, 0.717) is 19.7 Å². The third kappa shape index (κ3) is 2.61. The van der Waals surface area contributed by atoms with Gasteiger partial charge in [-0.15, -0.1) is 0 Å². The maximum Gasteiger partial charge on any atom is 0.409 e. The van der Waals surface area contributed by atoms with Crippen LogP contribution in [0.25, 0.3) is 0 Å². The lowest BCUT2D eigenvalue weighted by Gasteiger charge is -2.37. The molecule has 1 rings (SSSR count). The summed E-state index contributed by atoms with van der Waals surface area (Å²) in [5, 5.41) is 9.14. The van der Waals surface area contributed by atoms with E-state index in [0.717, 1.165) is 12.8 Å². The first-order valence-corrected chi connectivity index (χ1v) is 5.14. The number of amides is 1. The molecule has 4 nitrogen and oxygen atoms in total. The van der Waals surface area contributed by atoms with Gasteiger partial charge in [0.15, 0.2) is 0 Å². The summed E-state index contributed by atoms with van der Waals surface area (Å²) >= 11 is 0. The minimum atomic E-state index is -0.229. The predicted molar refractivity (Wildman–Crippen MR) is 53.0 cm³/mol. The molecule has 1 amide bonds. The van der Waals surface area contributed by atoms with Crippen molar-refractivity contribution in [3.05, 3.63) is 0 Å². The average Bonchev–Trinajstić information content (AvgIpc) is 2.19. The smallest absolute Gasteiger partial charge is 0.409 e. The van der Waals surface area contributed by atoms with Gasteiger partial charge in [0.05, 0.1) is 6.61 Å². The summed E-state index contributed by atoms with van der Waals surface area (Å²) in [7, 11) is 0. The lowest BCUT2D eigenvalue weighted by Crippen LogP contribution is -2.43. The Hall–Kier alpha value is -0.770. The van der Waals surface area contributed by atoms with Crippen molar-refractivity contribution in [1.82, 2.24) is 4.90 Å². The molecule has 1 saturated heterocycles. The summed E-state index contributed by atoms with van der Waals surface area (Å²) in [6.45, 7) is 5.86. The molecule has 0 bridgehead atoms. The largest absolute Gasteiger partial charge is 0.450 e. The van der Waals surface area contributed by atoms with Gasteiger partial charge in [0.2, 0.25) is 0 Å². The van der Waals surface area contributed by atoms with Crippen LogP contribution < -0.4 is 0 Å². The summed E-state index contributed by atoms with van der Waals surface area (Å²) in [6.07, 6.45) is 1.47. The first-order valence-electron chi connectivity index (χ1n) is 5.14. The van der Waals surface area contributed by atoms with Gasteiger partial charge >= 0.3 is 6.09 Å². The van der Waals surface area contributed by atoms with Crippen molar-refractivity contribution in [1.29, 1.82) is 0 Å². The Balaban J connectivity index is 2.39. The second-order valence-electron chi connectivity index (χ2n) is 4.15. The highest BCUT2D eigenvalue weighted by Gasteiger charge is 2.31. The Bertz CT molecular complexity index is 198. The van der Waals surface area contributed by atoms with Gasteiger partial charge in [-0.3, -0.25) is 0 Å². The number of ether oxygens (including phenoxy) is 1. The number of aliphatic hydroxyl groups excluding tert-OH is 1. The zero-order chi connectivity index (χ0) is 10.6. The van der Waals surface area contributed by atoms with Crippen LogP contribution in [0.5, 0.6) is 0 Å². The molecule has 82 valence electrons. The average molecular weight is 201 g/mol. The molecular weight excluding hydrogens is 182 g/mol. The number of rotatable bonds is 2. The van der Waals surface area contributed by atoms with Crippen molar-refractivity contribution >= 4 is 6.09 Å². The van der Waals surface area contributed by atoms with Crippen LogP contribution >= 0.6 is 0 Å². The SMILES string of the molecule is CCOC(=O)N1CCC(C)(CO)CC1. The fourth-order valence-electron chi connectivity index (χ4n) is 1.60. The molecule has 0 unspecified atom stereocenters. The second kappa shape index (κ2) is 4.64. The Morgan fingerprint density at radius 3 is 2.50 bits per heavy atom. The van der Waals surface area contributed by atoms with Gasteiger partial charge in [0, 0.05) is 19.7 Å². The number of hydrogen-bond acceptors (Lipinski definition) is 3. The molecule has 0 atom stereocenters. The van der Waals surface area contributed by atoms with Crippen LogP contribution in [-0.4, -0.2) is 42.4 Å². The minimum Gasteiger partial charge on any atom is -0.450 e. The number of carbonyl (C=O) groups is 1. The fraction of sp³-hybridized carbons (Fsp3) is 0.900. The van der Waals surface area contributed by atoms with Gasteiger partial charge < -0.3 is 14.7 Å². The van der Waals surface area contributed by atoms with E-state index < -0.39 is 0 Å². The topological polar surface area (TPSA) is 49.8 Å². The van der Waals surface area contributed by atoms with Gasteiger partial charge in [0.1, 0.15) is 0 Å². The van der Waals surface area contributed by atoms with E-state index in [4.69, 9.17) is 9.84 Å². The molecule has 0 aromatic heterocycles. The first kappa shape index (κ1) is 11.3. The van der Waals surface area contributed by atoms with Crippen LogP contribution in [0, 0.1) is 5.41 Å². The lowest BCUT2D eigenvalue weighted by molar-refractivity contribution is 0.0458. The Labute approximate surface area is 84.8 Å². The van der Waals surface area contributed by atoms with Crippen molar-refractivity contribution in [3.8, 4) is 0 Å². The zero-order valence-electron chi connectivity index (χ0n) is 8.95. The summed E-state index contributed by atoms with van der Waals surface area (Å²) < 4.78 is 4.91. The second-order valence-corrected chi connectivity index (χ2v) is 4.15. The Morgan fingerprint density at radius 1 is 1.50 bits per heavy atom. The summed E-state index contributed by atoms with van der Waals surface area (Å²) in [5.41, 5.74) is -0.0109. The third-order valence-corrected chi connectivity index (χ3v) is 2.88. The van der Waals surface area contributed by atoms with Gasteiger partial charge in [-0.25, -0.2) is 4.79 Å². The summed E-state index contributed by atoms with van der Waals surface area (Å²) in [4.78, 5) is 13.0. The molecule has 0 saturated carbocycles. The maximum absolute atomic E-state index is 11.3. The van der Waals surface area contributed by atoms with Gasteiger partial charge in [-0.2, -0.15) is 0 Å². The molecule has 0 spiro atoms. The number of carbonyl (C=O) groups excluding carboxylic acids is 1. The van der Waals surface area contributed by atoms with Crippen LogP contribution in [0.4, 0.5) is 4.79 Å².